The van der Waals surface area contributed by atoms with Crippen molar-refractivity contribution in [3.63, 3.8) is 0 Å². The summed E-state index contributed by atoms with van der Waals surface area (Å²) in [6.07, 6.45) is 0. The molecule has 0 atom stereocenters. The number of ether oxygens (including phenoxy) is 1. The molecule has 0 unspecified atom stereocenters. The highest BCUT2D eigenvalue weighted by Crippen LogP contribution is 2.22. The number of aryl methyl sites for hydroxylation is 4. The van der Waals surface area contributed by atoms with Gasteiger partial charge in [0.2, 0.25) is 0 Å². The van der Waals surface area contributed by atoms with E-state index in [1.165, 1.54) is 0 Å². The Kier molecular flexibility index (Phi) is 4.69. The lowest BCUT2D eigenvalue weighted by molar-refractivity contribution is 0.0396. The van der Waals surface area contributed by atoms with Gasteiger partial charge in [0.25, 0.3) is 0 Å². The molecule has 0 saturated heterocycles. The highest BCUT2D eigenvalue weighted by Gasteiger charge is 2.22. The summed E-state index contributed by atoms with van der Waals surface area (Å²) >= 11 is 0. The van der Waals surface area contributed by atoms with Crippen LogP contribution in [0.5, 0.6) is 0 Å². The number of hydrogen-bond donors (Lipinski definition) is 0. The second-order valence-corrected chi connectivity index (χ2v) is 6.08. The lowest BCUT2D eigenvalue weighted by atomic mass is 9.97. The van der Waals surface area contributed by atoms with Crippen molar-refractivity contribution >= 4 is 11.9 Å². The number of rotatable bonds is 2. The molecular weight excluding hydrogens is 288 g/mol. The van der Waals surface area contributed by atoms with Crippen molar-refractivity contribution in [3.05, 3.63) is 68.8 Å². The van der Waals surface area contributed by atoms with Crippen LogP contribution in [0.4, 0.5) is 0 Å². The molecule has 0 aliphatic heterocycles. The van der Waals surface area contributed by atoms with Crippen LogP contribution in [0.2, 0.25) is 0 Å². The zero-order chi connectivity index (χ0) is 17.3. The number of carbonyl (C=O) groups is 2. The summed E-state index contributed by atoms with van der Waals surface area (Å²) in [5.41, 5.74) is 6.26. The lowest BCUT2D eigenvalue weighted by Crippen LogP contribution is -2.17. The normalized spacial score (nSPS) is 10.5. The quantitative estimate of drug-likeness (QED) is 0.604. The average Bonchev–Trinajstić information content (AvgIpc) is 2.47. The fourth-order valence-electron chi connectivity index (χ4n) is 2.72. The first kappa shape index (κ1) is 16.9. The Morgan fingerprint density at radius 3 is 1.26 bits per heavy atom. The molecule has 0 heterocycles. The molecule has 0 spiro atoms. The summed E-state index contributed by atoms with van der Waals surface area (Å²) in [4.78, 5) is 25.0. The van der Waals surface area contributed by atoms with Crippen molar-refractivity contribution in [3.8, 4) is 0 Å². The minimum absolute atomic E-state index is 0.473. The van der Waals surface area contributed by atoms with Crippen molar-refractivity contribution in [2.45, 2.75) is 41.5 Å². The molecule has 0 N–H and O–H groups in total. The highest BCUT2D eigenvalue weighted by molar-refractivity contribution is 6.05. The second kappa shape index (κ2) is 6.37. The zero-order valence-corrected chi connectivity index (χ0v) is 14.5. The van der Waals surface area contributed by atoms with Gasteiger partial charge in [-0.05, 0) is 74.9 Å². The van der Waals surface area contributed by atoms with Crippen LogP contribution < -0.4 is 0 Å². The Morgan fingerprint density at radius 2 is 0.913 bits per heavy atom. The van der Waals surface area contributed by atoms with Crippen LogP contribution in [0.25, 0.3) is 0 Å². The molecule has 3 heteroatoms. The Hall–Kier alpha value is -2.42. The van der Waals surface area contributed by atoms with E-state index >= 15 is 0 Å². The molecule has 2 aromatic carbocycles. The molecule has 0 bridgehead atoms. The van der Waals surface area contributed by atoms with E-state index in [9.17, 15) is 9.59 Å². The first-order chi connectivity index (χ1) is 10.7. The standard InChI is InChI=1S/C20H22O3/c1-11-7-9-13(3)17(15(11)5)19(21)23-20(22)18-14(4)10-8-12(2)16(18)6/h7-10H,1-6H3. The van der Waals surface area contributed by atoms with E-state index in [4.69, 9.17) is 4.74 Å². The maximum absolute atomic E-state index is 12.5. The Bertz CT molecular complexity index is 734. The van der Waals surface area contributed by atoms with Gasteiger partial charge in [-0.1, -0.05) is 24.3 Å². The third-order valence-electron chi connectivity index (χ3n) is 4.48. The maximum Gasteiger partial charge on any atom is 0.346 e. The van der Waals surface area contributed by atoms with Crippen molar-refractivity contribution in [2.24, 2.45) is 0 Å². The molecule has 120 valence electrons. The average molecular weight is 310 g/mol. The first-order valence-corrected chi connectivity index (χ1v) is 7.64. The molecule has 2 rings (SSSR count). The highest BCUT2D eigenvalue weighted by atomic mass is 16.6. The SMILES string of the molecule is Cc1ccc(C)c(C(=O)OC(=O)c2c(C)ccc(C)c2C)c1C. The van der Waals surface area contributed by atoms with E-state index in [-0.39, 0.29) is 0 Å². The van der Waals surface area contributed by atoms with E-state index in [1.807, 2.05) is 65.8 Å². The van der Waals surface area contributed by atoms with Crippen LogP contribution in [0.15, 0.2) is 24.3 Å². The van der Waals surface area contributed by atoms with Gasteiger partial charge in [0.1, 0.15) is 0 Å². The molecule has 0 fully saturated rings. The number of hydrogen-bond acceptors (Lipinski definition) is 3. The largest absolute Gasteiger partial charge is 0.386 e. The van der Waals surface area contributed by atoms with Crippen LogP contribution in [-0.2, 0) is 4.74 Å². The molecular formula is C20H22O3. The van der Waals surface area contributed by atoms with Crippen molar-refractivity contribution in [1.82, 2.24) is 0 Å². The zero-order valence-electron chi connectivity index (χ0n) is 14.5. The Labute approximate surface area is 137 Å². The summed E-state index contributed by atoms with van der Waals surface area (Å²) in [6, 6.07) is 7.65. The summed E-state index contributed by atoms with van der Waals surface area (Å²) in [5.74, 6) is -1.18. The van der Waals surface area contributed by atoms with Crippen LogP contribution >= 0.6 is 0 Å². The van der Waals surface area contributed by atoms with Gasteiger partial charge >= 0.3 is 11.9 Å². The van der Waals surface area contributed by atoms with E-state index in [0.717, 1.165) is 33.4 Å². The van der Waals surface area contributed by atoms with Crippen LogP contribution in [0.3, 0.4) is 0 Å². The minimum Gasteiger partial charge on any atom is -0.386 e. The number of esters is 2. The summed E-state index contributed by atoms with van der Waals surface area (Å²) in [7, 11) is 0. The molecule has 0 radical (unpaired) electrons. The minimum atomic E-state index is -0.589. The van der Waals surface area contributed by atoms with Crippen LogP contribution in [0, 0.1) is 41.5 Å². The van der Waals surface area contributed by atoms with Gasteiger partial charge in [-0.3, -0.25) is 0 Å². The number of benzene rings is 2. The first-order valence-electron chi connectivity index (χ1n) is 7.64. The van der Waals surface area contributed by atoms with Crippen molar-refractivity contribution in [1.29, 1.82) is 0 Å². The Balaban J connectivity index is 2.37. The molecule has 0 saturated carbocycles. The van der Waals surface area contributed by atoms with Gasteiger partial charge < -0.3 is 4.74 Å². The van der Waals surface area contributed by atoms with Crippen LogP contribution in [-0.4, -0.2) is 11.9 Å². The predicted octanol–water partition coefficient (Wildman–Crippen LogP) is 4.53. The van der Waals surface area contributed by atoms with Crippen molar-refractivity contribution < 1.29 is 14.3 Å². The molecule has 3 nitrogen and oxygen atoms in total. The summed E-state index contributed by atoms with van der Waals surface area (Å²) in [5, 5.41) is 0. The van der Waals surface area contributed by atoms with Gasteiger partial charge in [0.15, 0.2) is 0 Å². The van der Waals surface area contributed by atoms with E-state index in [2.05, 4.69) is 0 Å². The molecule has 23 heavy (non-hydrogen) atoms. The van der Waals surface area contributed by atoms with Gasteiger partial charge in [0.05, 0.1) is 11.1 Å². The molecule has 0 aromatic heterocycles. The third kappa shape index (κ3) is 3.19. The fraction of sp³-hybridized carbons (Fsp3) is 0.300. The fourth-order valence-corrected chi connectivity index (χ4v) is 2.72. The number of carbonyl (C=O) groups excluding carboxylic acids is 2. The van der Waals surface area contributed by atoms with Crippen LogP contribution in [0.1, 0.15) is 54.1 Å². The van der Waals surface area contributed by atoms with E-state index in [1.54, 1.807) is 0 Å². The molecule has 0 aliphatic carbocycles. The molecule has 2 aromatic rings. The topological polar surface area (TPSA) is 43.4 Å². The Morgan fingerprint density at radius 1 is 0.609 bits per heavy atom. The molecule has 0 aliphatic rings. The monoisotopic (exact) mass is 310 g/mol. The van der Waals surface area contributed by atoms with Crippen molar-refractivity contribution in [2.75, 3.05) is 0 Å². The van der Waals surface area contributed by atoms with Gasteiger partial charge in [-0.25, -0.2) is 9.59 Å². The second-order valence-electron chi connectivity index (χ2n) is 6.08. The van der Waals surface area contributed by atoms with Gasteiger partial charge in [-0.2, -0.15) is 0 Å². The van der Waals surface area contributed by atoms with Gasteiger partial charge in [0, 0.05) is 0 Å². The molecule has 0 amide bonds. The van der Waals surface area contributed by atoms with E-state index in [0.29, 0.717) is 11.1 Å². The smallest absolute Gasteiger partial charge is 0.346 e. The van der Waals surface area contributed by atoms with E-state index < -0.39 is 11.9 Å². The predicted molar refractivity (Wildman–Crippen MR) is 91.1 cm³/mol. The summed E-state index contributed by atoms with van der Waals surface area (Å²) < 4.78 is 5.18. The van der Waals surface area contributed by atoms with Gasteiger partial charge in [-0.15, -0.1) is 0 Å². The third-order valence-corrected chi connectivity index (χ3v) is 4.48. The summed E-state index contributed by atoms with van der Waals surface area (Å²) in [6.45, 7) is 11.3. The lowest BCUT2D eigenvalue weighted by Gasteiger charge is -2.13. The maximum atomic E-state index is 12.5.